The Morgan fingerprint density at radius 1 is 1.25 bits per heavy atom. The van der Waals surface area contributed by atoms with Crippen LogP contribution >= 0.6 is 0 Å². The summed E-state index contributed by atoms with van der Waals surface area (Å²) in [5.74, 6) is 0. The van der Waals surface area contributed by atoms with Crippen molar-refractivity contribution < 1.29 is 21.6 Å². The van der Waals surface area contributed by atoms with Crippen LogP contribution in [0, 0.1) is 0 Å². The Labute approximate surface area is 91.2 Å². The molecule has 0 N–H and O–H groups in total. The molecule has 3 nitrogen and oxygen atoms in total. The minimum Gasteiger partial charge on any atom is -0.263 e. The number of hydrogen-bond acceptors (Lipinski definition) is 3. The molecule has 16 heavy (non-hydrogen) atoms. The molecule has 1 rings (SSSR count). The molecule has 0 amide bonds. The van der Waals surface area contributed by atoms with Crippen molar-refractivity contribution in [3.8, 4) is 0 Å². The van der Waals surface area contributed by atoms with Crippen LogP contribution in [-0.4, -0.2) is 18.7 Å². The Hall–Kier alpha value is -1.11. The van der Waals surface area contributed by atoms with Gasteiger partial charge in [-0.05, 0) is 19.9 Å². The summed E-state index contributed by atoms with van der Waals surface area (Å²) in [6.07, 6.45) is -3.07. The molecule has 7 heteroatoms. The number of nitrogens with zero attached hydrogens (tertiary/aromatic N) is 1. The zero-order valence-electron chi connectivity index (χ0n) is 8.62. The van der Waals surface area contributed by atoms with Gasteiger partial charge < -0.3 is 0 Å². The minimum absolute atomic E-state index is 0.405. The first-order valence-corrected chi connectivity index (χ1v) is 5.96. The third kappa shape index (κ3) is 2.52. The third-order valence-electron chi connectivity index (χ3n) is 1.99. The van der Waals surface area contributed by atoms with Gasteiger partial charge in [-0.25, -0.2) is 8.42 Å². The molecular formula is C9H10F3NO2S. The van der Waals surface area contributed by atoms with Crippen molar-refractivity contribution in [2.45, 2.75) is 30.2 Å². The first-order chi connectivity index (χ1) is 7.15. The lowest BCUT2D eigenvalue weighted by Crippen LogP contribution is -2.15. The molecule has 1 heterocycles. The maximum atomic E-state index is 12.3. The van der Waals surface area contributed by atoms with Crippen LogP contribution in [-0.2, 0) is 16.0 Å². The lowest BCUT2D eigenvalue weighted by molar-refractivity contribution is -0.138. The lowest BCUT2D eigenvalue weighted by atomic mass is 10.3. The smallest absolute Gasteiger partial charge is 0.263 e. The van der Waals surface area contributed by atoms with Crippen molar-refractivity contribution in [2.75, 3.05) is 0 Å². The maximum absolute atomic E-state index is 12.3. The van der Waals surface area contributed by atoms with Crippen LogP contribution in [0.15, 0.2) is 23.4 Å². The first-order valence-electron chi connectivity index (χ1n) is 4.42. The largest absolute Gasteiger partial charge is 0.417 e. The Morgan fingerprint density at radius 2 is 1.81 bits per heavy atom. The summed E-state index contributed by atoms with van der Waals surface area (Å²) >= 11 is 0. The van der Waals surface area contributed by atoms with E-state index in [-0.39, 0.29) is 0 Å². The van der Waals surface area contributed by atoms with Crippen LogP contribution in [0.1, 0.15) is 19.4 Å². The molecular weight excluding hydrogens is 243 g/mol. The molecule has 0 spiro atoms. The average molecular weight is 253 g/mol. The minimum atomic E-state index is -4.59. The Balaban J connectivity index is 3.30. The molecule has 0 radical (unpaired) electrons. The van der Waals surface area contributed by atoms with Crippen LogP contribution in [0.3, 0.4) is 0 Å². The van der Waals surface area contributed by atoms with Gasteiger partial charge in [-0.1, -0.05) is 0 Å². The predicted octanol–water partition coefficient (Wildman–Crippen LogP) is 2.28. The van der Waals surface area contributed by atoms with Gasteiger partial charge in [-0.2, -0.15) is 13.2 Å². The van der Waals surface area contributed by atoms with E-state index in [1.807, 2.05) is 0 Å². The molecule has 90 valence electrons. The van der Waals surface area contributed by atoms with E-state index in [0.717, 1.165) is 6.20 Å². The van der Waals surface area contributed by atoms with E-state index in [9.17, 15) is 21.6 Å². The molecule has 0 bridgehead atoms. The van der Waals surface area contributed by atoms with E-state index < -0.39 is 31.7 Å². The summed E-state index contributed by atoms with van der Waals surface area (Å²) in [4.78, 5) is 2.90. The first kappa shape index (κ1) is 13.0. The molecule has 0 aliphatic heterocycles. The van der Waals surface area contributed by atoms with Gasteiger partial charge in [-0.15, -0.1) is 0 Å². The molecule has 0 saturated carbocycles. The summed E-state index contributed by atoms with van der Waals surface area (Å²) in [5.41, 5.74) is -1.06. The van der Waals surface area contributed by atoms with Crippen LogP contribution in [0.2, 0.25) is 0 Å². The van der Waals surface area contributed by atoms with Gasteiger partial charge in [0.05, 0.1) is 15.7 Å². The molecule has 0 aromatic carbocycles. The van der Waals surface area contributed by atoms with Crippen LogP contribution in [0.25, 0.3) is 0 Å². The van der Waals surface area contributed by atoms with Gasteiger partial charge in [0.15, 0.2) is 9.84 Å². The average Bonchev–Trinajstić information content (AvgIpc) is 2.16. The number of halogens is 3. The number of sulfone groups is 1. The van der Waals surface area contributed by atoms with Crippen molar-refractivity contribution in [3.63, 3.8) is 0 Å². The monoisotopic (exact) mass is 253 g/mol. The van der Waals surface area contributed by atoms with Crippen LogP contribution in [0.5, 0.6) is 0 Å². The van der Waals surface area contributed by atoms with Crippen molar-refractivity contribution >= 4 is 9.84 Å². The van der Waals surface area contributed by atoms with Crippen LogP contribution < -0.4 is 0 Å². The molecule has 0 aliphatic rings. The quantitative estimate of drug-likeness (QED) is 0.812. The predicted molar refractivity (Wildman–Crippen MR) is 51.6 cm³/mol. The number of aromatic nitrogens is 1. The van der Waals surface area contributed by atoms with Crippen LogP contribution in [0.4, 0.5) is 13.2 Å². The number of rotatable bonds is 2. The summed E-state index contributed by atoms with van der Waals surface area (Å²) in [5, 5.41) is -0.780. The normalized spacial score (nSPS) is 13.1. The molecule has 1 aromatic heterocycles. The zero-order valence-corrected chi connectivity index (χ0v) is 9.43. The second-order valence-electron chi connectivity index (χ2n) is 3.50. The van der Waals surface area contributed by atoms with Gasteiger partial charge in [0.25, 0.3) is 0 Å². The van der Waals surface area contributed by atoms with Crippen molar-refractivity contribution in [3.05, 3.63) is 24.0 Å². The van der Waals surface area contributed by atoms with Gasteiger partial charge in [0, 0.05) is 12.4 Å². The van der Waals surface area contributed by atoms with Crippen molar-refractivity contribution in [2.24, 2.45) is 0 Å². The van der Waals surface area contributed by atoms with Crippen molar-refractivity contribution in [1.29, 1.82) is 0 Å². The highest BCUT2D eigenvalue weighted by Gasteiger charge is 2.32. The Morgan fingerprint density at radius 3 is 2.25 bits per heavy atom. The fourth-order valence-corrected chi connectivity index (χ4v) is 2.04. The standard InChI is InChI=1S/C9H10F3NO2S/c1-6(2)16(14,15)8-3-7(4-13-5-8)9(10,11)12/h3-6H,1-2H3. The van der Waals surface area contributed by atoms with E-state index in [2.05, 4.69) is 4.98 Å². The summed E-state index contributed by atoms with van der Waals surface area (Å²) in [7, 11) is -3.72. The molecule has 0 fully saturated rings. The molecule has 0 unspecified atom stereocenters. The SMILES string of the molecule is CC(C)S(=O)(=O)c1cncc(C(F)(F)F)c1. The van der Waals surface area contributed by atoms with E-state index >= 15 is 0 Å². The summed E-state index contributed by atoms with van der Waals surface area (Å²) in [6, 6.07) is 0.600. The fraction of sp³-hybridized carbons (Fsp3) is 0.444. The zero-order chi connectivity index (χ0) is 12.6. The maximum Gasteiger partial charge on any atom is 0.417 e. The van der Waals surface area contributed by atoms with Gasteiger partial charge >= 0.3 is 6.18 Å². The molecule has 0 atom stereocenters. The Kier molecular flexibility index (Phi) is 3.27. The highest BCUT2D eigenvalue weighted by molar-refractivity contribution is 7.92. The van der Waals surface area contributed by atoms with E-state index in [1.54, 1.807) is 0 Å². The molecule has 0 saturated heterocycles. The topological polar surface area (TPSA) is 47.0 Å². The van der Waals surface area contributed by atoms with Gasteiger partial charge in [0.1, 0.15) is 0 Å². The third-order valence-corrected chi connectivity index (χ3v) is 4.11. The second kappa shape index (κ2) is 4.04. The summed E-state index contributed by atoms with van der Waals surface area (Å²) in [6.45, 7) is 2.80. The highest BCUT2D eigenvalue weighted by Crippen LogP contribution is 2.30. The van der Waals surface area contributed by atoms with Crippen molar-refractivity contribution in [1.82, 2.24) is 4.98 Å². The molecule has 0 aliphatic carbocycles. The van der Waals surface area contributed by atoms with Gasteiger partial charge in [-0.3, -0.25) is 4.98 Å². The van der Waals surface area contributed by atoms with E-state index in [4.69, 9.17) is 0 Å². The number of hydrogen-bond donors (Lipinski definition) is 0. The number of pyridine rings is 1. The summed E-state index contributed by atoms with van der Waals surface area (Å²) < 4.78 is 60.2. The van der Waals surface area contributed by atoms with Gasteiger partial charge in [0.2, 0.25) is 0 Å². The van der Waals surface area contributed by atoms with E-state index in [1.165, 1.54) is 13.8 Å². The Bertz CT molecular complexity index is 480. The molecule has 1 aromatic rings. The highest BCUT2D eigenvalue weighted by atomic mass is 32.2. The van der Waals surface area contributed by atoms with E-state index in [0.29, 0.717) is 12.3 Å². The lowest BCUT2D eigenvalue weighted by Gasteiger charge is -2.10. The second-order valence-corrected chi connectivity index (χ2v) is 6.01. The number of alkyl halides is 3. The fourth-order valence-electron chi connectivity index (χ4n) is 1.00.